The molecule has 0 bridgehead atoms. The Kier molecular flexibility index (Phi) is 3.50. The van der Waals surface area contributed by atoms with Gasteiger partial charge in [0.05, 0.1) is 18.9 Å². The molecule has 12 heavy (non-hydrogen) atoms. The molecule has 0 aromatic carbocycles. The summed E-state index contributed by atoms with van der Waals surface area (Å²) >= 11 is 0. The van der Waals surface area contributed by atoms with E-state index in [-0.39, 0.29) is 19.8 Å². The Morgan fingerprint density at radius 2 is 2.25 bits per heavy atom. The standard InChI is InChI=1S/C8H11NO3/c10-3-4-12-8-1-2-9-7(5-8)6-11/h1-2,5,10-11H,3-4,6H2. The van der Waals surface area contributed by atoms with Crippen LogP contribution < -0.4 is 4.74 Å². The summed E-state index contributed by atoms with van der Waals surface area (Å²) in [5.74, 6) is 0.614. The molecule has 1 heterocycles. The van der Waals surface area contributed by atoms with Gasteiger partial charge < -0.3 is 14.9 Å². The van der Waals surface area contributed by atoms with Gasteiger partial charge in [-0.25, -0.2) is 0 Å². The first kappa shape index (κ1) is 8.96. The Morgan fingerprint density at radius 3 is 2.92 bits per heavy atom. The third-order valence-corrected chi connectivity index (χ3v) is 1.31. The molecule has 1 rings (SSSR count). The quantitative estimate of drug-likeness (QED) is 0.663. The summed E-state index contributed by atoms with van der Waals surface area (Å²) in [6, 6.07) is 3.31. The lowest BCUT2D eigenvalue weighted by atomic mass is 10.3. The summed E-state index contributed by atoms with van der Waals surface area (Å²) in [6.07, 6.45) is 1.55. The Morgan fingerprint density at radius 1 is 1.42 bits per heavy atom. The Balaban J connectivity index is 2.60. The second-order valence-corrected chi connectivity index (χ2v) is 2.21. The van der Waals surface area contributed by atoms with Crippen LogP contribution in [0.25, 0.3) is 0 Å². The predicted octanol–water partition coefficient (Wildman–Crippen LogP) is -0.0550. The highest BCUT2D eigenvalue weighted by molar-refractivity contribution is 5.22. The van der Waals surface area contributed by atoms with Crippen molar-refractivity contribution in [2.75, 3.05) is 13.2 Å². The molecule has 0 aliphatic heterocycles. The lowest BCUT2D eigenvalue weighted by Crippen LogP contribution is -2.02. The van der Waals surface area contributed by atoms with Crippen molar-refractivity contribution >= 4 is 0 Å². The summed E-state index contributed by atoms with van der Waals surface area (Å²) in [7, 11) is 0. The summed E-state index contributed by atoms with van der Waals surface area (Å²) < 4.78 is 5.10. The molecule has 0 fully saturated rings. The number of ether oxygens (including phenoxy) is 1. The van der Waals surface area contributed by atoms with Gasteiger partial charge in [-0.2, -0.15) is 0 Å². The van der Waals surface area contributed by atoms with Crippen molar-refractivity contribution in [3.8, 4) is 5.75 Å². The van der Waals surface area contributed by atoms with Crippen molar-refractivity contribution in [1.29, 1.82) is 0 Å². The molecule has 0 amide bonds. The van der Waals surface area contributed by atoms with Gasteiger partial charge in [0.25, 0.3) is 0 Å². The number of aliphatic hydroxyl groups excluding tert-OH is 2. The molecule has 0 aliphatic rings. The van der Waals surface area contributed by atoms with Crippen molar-refractivity contribution < 1.29 is 14.9 Å². The van der Waals surface area contributed by atoms with Gasteiger partial charge >= 0.3 is 0 Å². The number of hydrogen-bond acceptors (Lipinski definition) is 4. The van der Waals surface area contributed by atoms with Crippen molar-refractivity contribution in [1.82, 2.24) is 4.98 Å². The first-order valence-electron chi connectivity index (χ1n) is 3.66. The fourth-order valence-corrected chi connectivity index (χ4v) is 0.796. The molecule has 0 saturated carbocycles. The van der Waals surface area contributed by atoms with E-state index in [1.807, 2.05) is 0 Å². The summed E-state index contributed by atoms with van der Waals surface area (Å²) in [5, 5.41) is 17.2. The fourth-order valence-electron chi connectivity index (χ4n) is 0.796. The van der Waals surface area contributed by atoms with E-state index >= 15 is 0 Å². The SMILES string of the molecule is OCCOc1ccnc(CO)c1. The number of pyridine rings is 1. The van der Waals surface area contributed by atoms with Gasteiger partial charge in [-0.1, -0.05) is 0 Å². The van der Waals surface area contributed by atoms with Crippen LogP contribution >= 0.6 is 0 Å². The van der Waals surface area contributed by atoms with Crippen molar-refractivity contribution in [2.45, 2.75) is 6.61 Å². The van der Waals surface area contributed by atoms with E-state index in [1.165, 1.54) is 0 Å². The maximum atomic E-state index is 8.72. The lowest BCUT2D eigenvalue weighted by molar-refractivity contribution is 0.200. The Hall–Kier alpha value is -1.13. The van der Waals surface area contributed by atoms with Crippen molar-refractivity contribution in [3.63, 3.8) is 0 Å². The van der Waals surface area contributed by atoms with Crippen molar-refractivity contribution in [2.24, 2.45) is 0 Å². The average Bonchev–Trinajstić information content (AvgIpc) is 2.15. The number of nitrogens with zero attached hydrogens (tertiary/aromatic N) is 1. The molecule has 0 saturated heterocycles. The van der Waals surface area contributed by atoms with Gasteiger partial charge in [0.1, 0.15) is 12.4 Å². The van der Waals surface area contributed by atoms with E-state index in [2.05, 4.69) is 4.98 Å². The van der Waals surface area contributed by atoms with Gasteiger partial charge in [-0.3, -0.25) is 4.98 Å². The molecule has 1 aromatic rings. The third kappa shape index (κ3) is 2.48. The molecule has 4 heteroatoms. The van der Waals surface area contributed by atoms with E-state index in [9.17, 15) is 0 Å². The number of aromatic nitrogens is 1. The minimum Gasteiger partial charge on any atom is -0.491 e. The molecule has 0 radical (unpaired) electrons. The third-order valence-electron chi connectivity index (χ3n) is 1.31. The maximum Gasteiger partial charge on any atom is 0.122 e. The van der Waals surface area contributed by atoms with Crippen LogP contribution in [0.1, 0.15) is 5.69 Å². The zero-order valence-electron chi connectivity index (χ0n) is 6.60. The van der Waals surface area contributed by atoms with Crippen LogP contribution in [-0.4, -0.2) is 28.4 Å². The topological polar surface area (TPSA) is 62.6 Å². The van der Waals surface area contributed by atoms with Crippen molar-refractivity contribution in [3.05, 3.63) is 24.0 Å². The number of aliphatic hydroxyl groups is 2. The molecule has 0 atom stereocenters. The number of rotatable bonds is 4. The van der Waals surface area contributed by atoms with Crippen LogP contribution in [0.4, 0.5) is 0 Å². The molecule has 0 aliphatic carbocycles. The van der Waals surface area contributed by atoms with E-state index in [0.717, 1.165) is 0 Å². The molecular weight excluding hydrogens is 158 g/mol. The monoisotopic (exact) mass is 169 g/mol. The minimum absolute atomic E-state index is 0.0171. The highest BCUT2D eigenvalue weighted by Crippen LogP contribution is 2.10. The maximum absolute atomic E-state index is 8.72. The van der Waals surface area contributed by atoms with E-state index in [0.29, 0.717) is 11.4 Å². The molecule has 4 nitrogen and oxygen atoms in total. The van der Waals surface area contributed by atoms with Crippen LogP contribution in [0.2, 0.25) is 0 Å². The summed E-state index contributed by atoms with van der Waals surface area (Å²) in [4.78, 5) is 3.87. The van der Waals surface area contributed by atoms with Gasteiger partial charge in [0.2, 0.25) is 0 Å². The molecule has 2 N–H and O–H groups in total. The predicted molar refractivity (Wildman–Crippen MR) is 42.7 cm³/mol. The first-order chi connectivity index (χ1) is 5.86. The van der Waals surface area contributed by atoms with Gasteiger partial charge in [-0.15, -0.1) is 0 Å². The van der Waals surface area contributed by atoms with Gasteiger partial charge in [0, 0.05) is 12.3 Å². The first-order valence-corrected chi connectivity index (χ1v) is 3.66. The smallest absolute Gasteiger partial charge is 0.122 e. The summed E-state index contributed by atoms with van der Waals surface area (Å²) in [6.45, 7) is 0.141. The van der Waals surface area contributed by atoms with Crippen LogP contribution in [-0.2, 0) is 6.61 Å². The van der Waals surface area contributed by atoms with E-state index < -0.39 is 0 Å². The minimum atomic E-state index is -0.101. The number of hydrogen-bond donors (Lipinski definition) is 2. The average molecular weight is 169 g/mol. The summed E-state index contributed by atoms with van der Waals surface area (Å²) in [5.41, 5.74) is 0.561. The zero-order valence-corrected chi connectivity index (χ0v) is 6.60. The molecule has 0 unspecified atom stereocenters. The highest BCUT2D eigenvalue weighted by Gasteiger charge is 1.95. The Labute approximate surface area is 70.4 Å². The van der Waals surface area contributed by atoms with Gasteiger partial charge in [0.15, 0.2) is 0 Å². The Bertz CT molecular complexity index is 239. The van der Waals surface area contributed by atoms with E-state index in [4.69, 9.17) is 14.9 Å². The molecule has 66 valence electrons. The second-order valence-electron chi connectivity index (χ2n) is 2.21. The van der Waals surface area contributed by atoms with E-state index in [1.54, 1.807) is 18.3 Å². The molecular formula is C8H11NO3. The lowest BCUT2D eigenvalue weighted by Gasteiger charge is -2.03. The van der Waals surface area contributed by atoms with Gasteiger partial charge in [-0.05, 0) is 6.07 Å². The van der Waals surface area contributed by atoms with Crippen LogP contribution in [0.3, 0.4) is 0 Å². The largest absolute Gasteiger partial charge is 0.491 e. The van der Waals surface area contributed by atoms with Crippen LogP contribution in [0.15, 0.2) is 18.3 Å². The second kappa shape index (κ2) is 4.69. The molecule has 0 spiro atoms. The zero-order chi connectivity index (χ0) is 8.81. The molecule has 1 aromatic heterocycles. The normalized spacial score (nSPS) is 9.83. The highest BCUT2D eigenvalue weighted by atomic mass is 16.5. The fraction of sp³-hybridized carbons (Fsp3) is 0.375. The van der Waals surface area contributed by atoms with Crippen LogP contribution in [0, 0.1) is 0 Å². The van der Waals surface area contributed by atoms with Crippen LogP contribution in [0.5, 0.6) is 5.75 Å².